The fraction of sp³-hybridized carbons (Fsp3) is 0.480. The van der Waals surface area contributed by atoms with Gasteiger partial charge in [-0.15, -0.1) is 0 Å². The normalized spacial score (nSPS) is 15.7. The summed E-state index contributed by atoms with van der Waals surface area (Å²) in [5, 5.41) is 4.74. The smallest absolute Gasteiger partial charge is 0.351 e. The number of hydrogen-bond donors (Lipinski definition) is 2. The number of carbonyl (C=O) groups is 1. The van der Waals surface area contributed by atoms with Crippen LogP contribution in [0.5, 0.6) is 0 Å². The van der Waals surface area contributed by atoms with Crippen molar-refractivity contribution in [2.24, 2.45) is 0 Å². The summed E-state index contributed by atoms with van der Waals surface area (Å²) in [6.45, 7) is 5.86. The third-order valence-corrected chi connectivity index (χ3v) is 6.03. The first-order chi connectivity index (χ1) is 16.2. The van der Waals surface area contributed by atoms with Gasteiger partial charge in [0.05, 0.1) is 11.3 Å². The summed E-state index contributed by atoms with van der Waals surface area (Å²) in [7, 11) is 3.85. The van der Waals surface area contributed by atoms with E-state index in [1.54, 1.807) is 6.07 Å². The van der Waals surface area contributed by atoms with Crippen molar-refractivity contribution in [3.05, 3.63) is 65.2 Å². The molecule has 0 radical (unpaired) electrons. The number of hydrogen-bond acceptors (Lipinski definition) is 5. The monoisotopic (exact) mass is 477 g/mol. The van der Waals surface area contributed by atoms with Crippen LogP contribution in [0.15, 0.2) is 48.5 Å². The van der Waals surface area contributed by atoms with E-state index in [2.05, 4.69) is 28.6 Å². The van der Waals surface area contributed by atoms with Gasteiger partial charge in [-0.3, -0.25) is 9.69 Å². The Morgan fingerprint density at radius 1 is 1.09 bits per heavy atom. The fourth-order valence-electron chi connectivity index (χ4n) is 4.08. The molecule has 1 heterocycles. The number of hydrazine groups is 1. The predicted octanol–water partition coefficient (Wildman–Crippen LogP) is 3.49. The average Bonchev–Trinajstić information content (AvgIpc) is 2.98. The SMILES string of the molecule is CCN1CCN(NC(CCN(C)C)C(=O)NCc2ccccc2C(F)(F)F)c2ccccc2C1. The summed E-state index contributed by atoms with van der Waals surface area (Å²) in [5.74, 6) is -0.326. The molecular weight excluding hydrogens is 443 g/mol. The largest absolute Gasteiger partial charge is 0.416 e. The van der Waals surface area contributed by atoms with Gasteiger partial charge in [0, 0.05) is 26.2 Å². The molecule has 3 rings (SSSR count). The van der Waals surface area contributed by atoms with Crippen LogP contribution >= 0.6 is 0 Å². The maximum Gasteiger partial charge on any atom is 0.416 e. The van der Waals surface area contributed by atoms with E-state index in [4.69, 9.17) is 0 Å². The third kappa shape index (κ3) is 6.94. The number of nitrogens with zero attached hydrogens (tertiary/aromatic N) is 3. The van der Waals surface area contributed by atoms with Crippen molar-refractivity contribution in [2.75, 3.05) is 45.3 Å². The quantitative estimate of drug-likeness (QED) is 0.579. The topological polar surface area (TPSA) is 50.9 Å². The number of rotatable bonds is 9. The number of benzene rings is 2. The van der Waals surface area contributed by atoms with Crippen molar-refractivity contribution in [2.45, 2.75) is 38.7 Å². The minimum absolute atomic E-state index is 0.0495. The molecule has 0 aliphatic carbocycles. The molecule has 1 atom stereocenters. The van der Waals surface area contributed by atoms with Gasteiger partial charge in [0.15, 0.2) is 0 Å². The van der Waals surface area contributed by atoms with Gasteiger partial charge in [-0.05, 0) is 56.9 Å². The highest BCUT2D eigenvalue weighted by atomic mass is 19.4. The second-order valence-corrected chi connectivity index (χ2v) is 8.80. The molecular formula is C25H34F3N5O. The molecule has 186 valence electrons. The maximum absolute atomic E-state index is 13.3. The van der Waals surface area contributed by atoms with Crippen molar-refractivity contribution in [3.63, 3.8) is 0 Å². The summed E-state index contributed by atoms with van der Waals surface area (Å²) in [5.41, 5.74) is 4.88. The molecule has 9 heteroatoms. The van der Waals surface area contributed by atoms with Gasteiger partial charge in [0.1, 0.15) is 6.04 Å². The van der Waals surface area contributed by atoms with Gasteiger partial charge >= 0.3 is 6.18 Å². The van der Waals surface area contributed by atoms with Gasteiger partial charge in [0.25, 0.3) is 0 Å². The molecule has 0 bridgehead atoms. The standard InChI is InChI=1S/C25H34F3N5O/c1-4-32-15-16-33(23-12-8-6-10-20(23)18-32)30-22(13-14-31(2)3)24(34)29-17-19-9-5-7-11-21(19)25(26,27)28/h5-12,22,30H,4,13-18H2,1-3H3,(H,29,34). The molecule has 0 aromatic heterocycles. The zero-order valence-electron chi connectivity index (χ0n) is 20.0. The molecule has 1 aliphatic heterocycles. The highest BCUT2D eigenvalue weighted by molar-refractivity contribution is 5.82. The number of anilines is 1. The molecule has 0 fully saturated rings. The first kappa shape index (κ1) is 26.0. The average molecular weight is 478 g/mol. The van der Waals surface area contributed by atoms with Crippen LogP contribution in [-0.4, -0.2) is 62.0 Å². The Kier molecular flexibility index (Phi) is 8.93. The molecule has 6 nitrogen and oxygen atoms in total. The zero-order chi connectivity index (χ0) is 24.7. The van der Waals surface area contributed by atoms with Crippen LogP contribution in [0.1, 0.15) is 30.0 Å². The molecule has 2 aromatic carbocycles. The molecule has 1 unspecified atom stereocenters. The number of amides is 1. The maximum atomic E-state index is 13.3. The van der Waals surface area contributed by atoms with E-state index in [-0.39, 0.29) is 18.0 Å². The summed E-state index contributed by atoms with van der Waals surface area (Å²) >= 11 is 0. The molecule has 34 heavy (non-hydrogen) atoms. The number of halogens is 3. The number of fused-ring (bicyclic) bond motifs is 1. The predicted molar refractivity (Wildman–Crippen MR) is 128 cm³/mol. The summed E-state index contributed by atoms with van der Waals surface area (Å²) < 4.78 is 40.0. The van der Waals surface area contributed by atoms with E-state index < -0.39 is 17.8 Å². The minimum atomic E-state index is -4.47. The van der Waals surface area contributed by atoms with E-state index in [9.17, 15) is 18.0 Å². The number of likely N-dealkylation sites (N-methyl/N-ethyl adjacent to an activating group) is 1. The summed E-state index contributed by atoms with van der Waals surface area (Å²) in [6.07, 6.45) is -3.96. The van der Waals surface area contributed by atoms with Crippen LogP contribution in [0.25, 0.3) is 0 Å². The van der Waals surface area contributed by atoms with Gasteiger partial charge < -0.3 is 15.2 Å². The van der Waals surface area contributed by atoms with Gasteiger partial charge in [0.2, 0.25) is 5.91 Å². The van der Waals surface area contributed by atoms with Crippen molar-refractivity contribution in [3.8, 4) is 0 Å². The molecule has 0 spiro atoms. The van der Waals surface area contributed by atoms with Crippen molar-refractivity contribution in [1.82, 2.24) is 20.5 Å². The second kappa shape index (κ2) is 11.7. The van der Waals surface area contributed by atoms with E-state index in [1.165, 1.54) is 17.7 Å². The Hall–Kier alpha value is -2.62. The first-order valence-corrected chi connectivity index (χ1v) is 11.6. The highest BCUT2D eigenvalue weighted by Crippen LogP contribution is 2.31. The number of alkyl halides is 3. The first-order valence-electron chi connectivity index (χ1n) is 11.6. The lowest BCUT2D eigenvalue weighted by molar-refractivity contribution is -0.138. The third-order valence-electron chi connectivity index (χ3n) is 6.03. The van der Waals surface area contributed by atoms with Gasteiger partial charge in [-0.2, -0.15) is 13.2 Å². The van der Waals surface area contributed by atoms with Crippen LogP contribution in [0.4, 0.5) is 18.9 Å². The highest BCUT2D eigenvalue weighted by Gasteiger charge is 2.33. The number of nitrogens with one attached hydrogen (secondary N) is 2. The lowest BCUT2D eigenvalue weighted by Crippen LogP contribution is -2.54. The Labute approximate surface area is 199 Å². The molecule has 1 amide bonds. The van der Waals surface area contributed by atoms with Gasteiger partial charge in [-0.25, -0.2) is 5.43 Å². The number of para-hydroxylation sites is 1. The second-order valence-electron chi connectivity index (χ2n) is 8.80. The van der Waals surface area contributed by atoms with Crippen LogP contribution < -0.4 is 15.8 Å². The van der Waals surface area contributed by atoms with E-state index in [1.807, 2.05) is 42.2 Å². The lowest BCUT2D eigenvalue weighted by atomic mass is 10.1. The molecule has 0 saturated heterocycles. The Balaban J connectivity index is 1.76. The van der Waals surface area contributed by atoms with Crippen molar-refractivity contribution in [1.29, 1.82) is 0 Å². The number of carbonyl (C=O) groups excluding carboxylic acids is 1. The van der Waals surface area contributed by atoms with E-state index >= 15 is 0 Å². The fourth-order valence-corrected chi connectivity index (χ4v) is 4.08. The molecule has 2 N–H and O–H groups in total. The van der Waals surface area contributed by atoms with E-state index in [0.29, 0.717) is 19.5 Å². The Bertz CT molecular complexity index is 950. The van der Waals surface area contributed by atoms with Crippen molar-refractivity contribution < 1.29 is 18.0 Å². The van der Waals surface area contributed by atoms with Crippen LogP contribution in [0.2, 0.25) is 0 Å². The molecule has 0 saturated carbocycles. The summed E-state index contributed by atoms with van der Waals surface area (Å²) in [6, 6.07) is 12.8. The van der Waals surface area contributed by atoms with E-state index in [0.717, 1.165) is 31.4 Å². The van der Waals surface area contributed by atoms with Crippen LogP contribution in [-0.2, 0) is 24.1 Å². The van der Waals surface area contributed by atoms with Crippen LogP contribution in [0, 0.1) is 0 Å². The molecule has 1 aliphatic rings. The van der Waals surface area contributed by atoms with Gasteiger partial charge in [-0.1, -0.05) is 43.3 Å². The Morgan fingerprint density at radius 3 is 2.50 bits per heavy atom. The molecule has 2 aromatic rings. The lowest BCUT2D eigenvalue weighted by Gasteiger charge is -2.31. The zero-order valence-corrected chi connectivity index (χ0v) is 20.0. The Morgan fingerprint density at radius 2 is 1.79 bits per heavy atom. The van der Waals surface area contributed by atoms with Crippen molar-refractivity contribution >= 4 is 11.6 Å². The van der Waals surface area contributed by atoms with Crippen LogP contribution in [0.3, 0.4) is 0 Å². The summed E-state index contributed by atoms with van der Waals surface area (Å²) in [4.78, 5) is 17.5. The minimum Gasteiger partial charge on any atom is -0.351 e.